The third kappa shape index (κ3) is 3.67. The number of hydrogen-bond acceptors (Lipinski definition) is 4. The van der Waals surface area contributed by atoms with Gasteiger partial charge in [-0.15, -0.1) is 4.72 Å². The second-order valence-corrected chi connectivity index (χ2v) is 6.89. The molecule has 6 heteroatoms. The summed E-state index contributed by atoms with van der Waals surface area (Å²) in [4.78, 5) is 3.89. The summed E-state index contributed by atoms with van der Waals surface area (Å²) in [5.74, 6) is -0.514. The summed E-state index contributed by atoms with van der Waals surface area (Å²) in [6.07, 6.45) is 0. The number of halogens is 1. The predicted octanol–water partition coefficient (Wildman–Crippen LogP) is 2.21. The summed E-state index contributed by atoms with van der Waals surface area (Å²) >= 11 is -1.32. The van der Waals surface area contributed by atoms with Gasteiger partial charge in [0.1, 0.15) is 22.3 Å². The quantitative estimate of drug-likeness (QED) is 0.854. The molecule has 0 spiro atoms. The lowest BCUT2D eigenvalue weighted by Gasteiger charge is -2.26. The summed E-state index contributed by atoms with van der Waals surface area (Å²) in [5.41, 5.74) is 0.244. The van der Waals surface area contributed by atoms with Crippen LogP contribution < -0.4 is 4.72 Å². The molecule has 0 aliphatic carbocycles. The summed E-state index contributed by atoms with van der Waals surface area (Å²) in [5, 5.41) is 8.73. The third-order valence-corrected chi connectivity index (χ3v) is 3.92. The van der Waals surface area contributed by atoms with Gasteiger partial charge in [-0.05, 0) is 39.8 Å². The Hall–Kier alpha value is -1.16. The molecule has 1 aromatic heterocycles. The number of nitrogens with one attached hydrogen (secondary N) is 1. The van der Waals surface area contributed by atoms with Gasteiger partial charge >= 0.3 is 0 Å². The van der Waals surface area contributed by atoms with Crippen LogP contribution in [0.2, 0.25) is 0 Å². The Balaban J connectivity index is 2.91. The summed E-state index contributed by atoms with van der Waals surface area (Å²) in [6.45, 7) is 7.12. The first-order valence-electron chi connectivity index (χ1n) is 5.50. The van der Waals surface area contributed by atoms with Gasteiger partial charge in [0.15, 0.2) is 0 Å². The fourth-order valence-corrected chi connectivity index (χ4v) is 2.00. The molecule has 0 bridgehead atoms. The van der Waals surface area contributed by atoms with Gasteiger partial charge in [0.25, 0.3) is 0 Å². The average molecular weight is 269 g/mol. The second kappa shape index (κ2) is 5.65. The van der Waals surface area contributed by atoms with Crippen molar-refractivity contribution >= 4 is 11.4 Å². The Kier molecular flexibility index (Phi) is 4.68. The van der Waals surface area contributed by atoms with Gasteiger partial charge < -0.3 is 4.55 Å². The van der Waals surface area contributed by atoms with E-state index >= 15 is 0 Å². The minimum Gasteiger partial charge on any atom is -0.598 e. The molecule has 0 aromatic carbocycles. The maximum atomic E-state index is 13.6. The molecule has 1 unspecified atom stereocenters. The average Bonchev–Trinajstić information content (AvgIpc) is 2.28. The molecule has 0 saturated heterocycles. The van der Waals surface area contributed by atoms with Gasteiger partial charge in [-0.3, -0.25) is 0 Å². The first kappa shape index (κ1) is 14.9. The van der Waals surface area contributed by atoms with Crippen LogP contribution in [0.4, 0.5) is 4.39 Å². The van der Waals surface area contributed by atoms with Crippen molar-refractivity contribution in [3.8, 4) is 6.07 Å². The van der Waals surface area contributed by atoms with E-state index in [1.807, 2.05) is 26.8 Å². The van der Waals surface area contributed by atoms with E-state index < -0.39 is 28.0 Å². The van der Waals surface area contributed by atoms with Crippen LogP contribution in [0.1, 0.15) is 45.1 Å². The van der Waals surface area contributed by atoms with E-state index in [0.717, 1.165) is 0 Å². The molecule has 1 rings (SSSR count). The zero-order chi connectivity index (χ0) is 13.9. The molecule has 0 aliphatic heterocycles. The summed E-state index contributed by atoms with van der Waals surface area (Å²) in [7, 11) is 0. The topological polar surface area (TPSA) is 71.8 Å². The van der Waals surface area contributed by atoms with E-state index in [0.29, 0.717) is 0 Å². The van der Waals surface area contributed by atoms with Crippen molar-refractivity contribution in [3.05, 3.63) is 29.3 Å². The molecular formula is C12H16FN3OS. The van der Waals surface area contributed by atoms with Gasteiger partial charge in [-0.1, -0.05) is 0 Å². The Morgan fingerprint density at radius 2 is 2.11 bits per heavy atom. The SMILES string of the molecule is CC(N[S@@+]([O-])C(C)(C)C)c1nc(C#N)ccc1F. The van der Waals surface area contributed by atoms with Crippen LogP contribution in [0.15, 0.2) is 12.1 Å². The minimum atomic E-state index is -1.32. The van der Waals surface area contributed by atoms with Crippen LogP contribution >= 0.6 is 0 Å². The minimum absolute atomic E-state index is 0.103. The number of rotatable bonds is 3. The van der Waals surface area contributed by atoms with E-state index in [9.17, 15) is 8.94 Å². The van der Waals surface area contributed by atoms with Crippen molar-refractivity contribution < 1.29 is 8.94 Å². The molecule has 0 fully saturated rings. The molecule has 1 heterocycles. The number of aromatic nitrogens is 1. The van der Waals surface area contributed by atoms with Crippen molar-refractivity contribution in [2.45, 2.75) is 38.5 Å². The van der Waals surface area contributed by atoms with E-state index in [1.54, 1.807) is 6.92 Å². The zero-order valence-electron chi connectivity index (χ0n) is 10.8. The molecule has 0 aliphatic rings. The van der Waals surface area contributed by atoms with Crippen LogP contribution in [0.25, 0.3) is 0 Å². The lowest BCUT2D eigenvalue weighted by Crippen LogP contribution is -2.41. The molecule has 98 valence electrons. The molecule has 0 amide bonds. The lowest BCUT2D eigenvalue weighted by molar-refractivity contribution is 0.516. The van der Waals surface area contributed by atoms with Crippen molar-refractivity contribution in [1.82, 2.24) is 9.71 Å². The van der Waals surface area contributed by atoms with E-state index in [4.69, 9.17) is 5.26 Å². The number of pyridine rings is 1. The van der Waals surface area contributed by atoms with Crippen LogP contribution in [0.3, 0.4) is 0 Å². The molecule has 0 radical (unpaired) electrons. The largest absolute Gasteiger partial charge is 0.598 e. The molecule has 1 N–H and O–H groups in total. The monoisotopic (exact) mass is 269 g/mol. The number of hydrogen-bond donors (Lipinski definition) is 1. The van der Waals surface area contributed by atoms with Gasteiger partial charge in [-0.2, -0.15) is 5.26 Å². The molecule has 4 nitrogen and oxygen atoms in total. The van der Waals surface area contributed by atoms with Gasteiger partial charge in [0.05, 0.1) is 11.7 Å². The fourth-order valence-electron chi connectivity index (χ4n) is 1.22. The number of nitrogens with zero attached hydrogens (tertiary/aromatic N) is 2. The highest BCUT2D eigenvalue weighted by Gasteiger charge is 2.29. The first-order chi connectivity index (χ1) is 8.25. The smallest absolute Gasteiger partial charge is 0.146 e. The molecule has 0 saturated carbocycles. The first-order valence-corrected chi connectivity index (χ1v) is 6.65. The Morgan fingerprint density at radius 3 is 2.61 bits per heavy atom. The maximum Gasteiger partial charge on any atom is 0.146 e. The van der Waals surface area contributed by atoms with E-state index in [1.165, 1.54) is 12.1 Å². The number of nitriles is 1. The highest BCUT2D eigenvalue weighted by Crippen LogP contribution is 2.20. The molecule has 1 aromatic rings. The van der Waals surface area contributed by atoms with E-state index in [2.05, 4.69) is 9.71 Å². The van der Waals surface area contributed by atoms with Gasteiger partial charge in [-0.25, -0.2) is 9.37 Å². The normalized spacial score (nSPS) is 14.9. The van der Waals surface area contributed by atoms with Crippen molar-refractivity contribution in [2.75, 3.05) is 0 Å². The summed E-state index contributed by atoms with van der Waals surface area (Å²) in [6, 6.07) is 3.83. The lowest BCUT2D eigenvalue weighted by atomic mass is 10.2. The molecule has 2 atom stereocenters. The zero-order valence-corrected chi connectivity index (χ0v) is 11.6. The highest BCUT2D eigenvalue weighted by molar-refractivity contribution is 7.90. The Morgan fingerprint density at radius 1 is 1.50 bits per heavy atom. The second-order valence-electron chi connectivity index (χ2n) is 4.90. The maximum absolute atomic E-state index is 13.6. The third-order valence-electron chi connectivity index (χ3n) is 2.24. The standard InChI is InChI=1S/C12H16FN3OS/c1-8(16-18(17)12(2,3)4)11-10(13)6-5-9(7-14)15-11/h5-6,8,16H,1-4H3/t8?,18-/m0/s1. The molecular weight excluding hydrogens is 253 g/mol. The van der Waals surface area contributed by atoms with Gasteiger partial charge in [0.2, 0.25) is 0 Å². The van der Waals surface area contributed by atoms with Crippen LogP contribution in [-0.4, -0.2) is 14.3 Å². The summed E-state index contributed by atoms with van der Waals surface area (Å²) < 4.78 is 27.8. The van der Waals surface area contributed by atoms with Crippen LogP contribution in [0, 0.1) is 17.1 Å². The van der Waals surface area contributed by atoms with Gasteiger partial charge in [0, 0.05) is 11.4 Å². The van der Waals surface area contributed by atoms with E-state index in [-0.39, 0.29) is 11.4 Å². The highest BCUT2D eigenvalue weighted by atomic mass is 32.2. The Labute approximate surface area is 110 Å². The van der Waals surface area contributed by atoms with Crippen LogP contribution in [-0.2, 0) is 11.4 Å². The molecule has 18 heavy (non-hydrogen) atoms. The van der Waals surface area contributed by atoms with Crippen molar-refractivity contribution in [2.24, 2.45) is 0 Å². The van der Waals surface area contributed by atoms with Crippen molar-refractivity contribution in [1.29, 1.82) is 5.26 Å². The van der Waals surface area contributed by atoms with Crippen molar-refractivity contribution in [3.63, 3.8) is 0 Å². The van der Waals surface area contributed by atoms with Crippen LogP contribution in [0.5, 0.6) is 0 Å². The fraction of sp³-hybridized carbons (Fsp3) is 0.500. The predicted molar refractivity (Wildman–Crippen MR) is 68.4 cm³/mol. The Bertz CT molecular complexity index is 467.